The quantitative estimate of drug-likeness (QED) is 0.817. The van der Waals surface area contributed by atoms with Crippen molar-refractivity contribution in [2.75, 3.05) is 40.4 Å². The summed E-state index contributed by atoms with van der Waals surface area (Å²) in [6.07, 6.45) is 0. The summed E-state index contributed by atoms with van der Waals surface area (Å²) >= 11 is 0. The van der Waals surface area contributed by atoms with E-state index in [0.717, 1.165) is 31.7 Å². The Hall–Kier alpha value is -1.79. The second kappa shape index (κ2) is 6.32. The fourth-order valence-corrected chi connectivity index (χ4v) is 2.73. The summed E-state index contributed by atoms with van der Waals surface area (Å²) in [5.41, 5.74) is 5.68. The highest BCUT2D eigenvalue weighted by molar-refractivity contribution is 5.86. The normalized spacial score (nSPS) is 18.8. The van der Waals surface area contributed by atoms with Gasteiger partial charge in [-0.2, -0.15) is 0 Å². The van der Waals surface area contributed by atoms with Crippen molar-refractivity contribution < 1.29 is 14.3 Å². The number of nitrogens with zero attached hydrogens (tertiary/aromatic N) is 1. The number of nitrogens with one attached hydrogen (secondary N) is 1. The highest BCUT2D eigenvalue weighted by Gasteiger charge is 2.40. The van der Waals surface area contributed by atoms with Crippen LogP contribution in [0.1, 0.15) is 12.5 Å². The first-order valence-corrected chi connectivity index (χ1v) is 7.02. The van der Waals surface area contributed by atoms with E-state index in [1.165, 1.54) is 0 Å². The van der Waals surface area contributed by atoms with Crippen LogP contribution in [-0.2, 0) is 10.3 Å². The van der Waals surface area contributed by atoms with Crippen LogP contribution in [0.2, 0.25) is 0 Å². The maximum atomic E-state index is 12.2. The maximum Gasteiger partial charge on any atom is 0.242 e. The molecule has 116 valence electrons. The highest BCUT2D eigenvalue weighted by Crippen LogP contribution is 2.35. The lowest BCUT2D eigenvalue weighted by Crippen LogP contribution is -2.58. The van der Waals surface area contributed by atoms with Gasteiger partial charge in [-0.25, -0.2) is 0 Å². The molecule has 0 aliphatic carbocycles. The number of nitrogens with two attached hydrogens (primary N) is 1. The van der Waals surface area contributed by atoms with Gasteiger partial charge in [0.2, 0.25) is 5.91 Å². The summed E-state index contributed by atoms with van der Waals surface area (Å²) < 4.78 is 10.6. The molecule has 1 unspecified atom stereocenters. The molecular weight excluding hydrogens is 270 g/mol. The lowest BCUT2D eigenvalue weighted by molar-refractivity contribution is -0.130. The number of primary amides is 1. The van der Waals surface area contributed by atoms with E-state index in [1.807, 2.05) is 19.1 Å². The molecule has 0 radical (unpaired) electrons. The monoisotopic (exact) mass is 293 g/mol. The number of ether oxygens (including phenoxy) is 2. The van der Waals surface area contributed by atoms with Crippen molar-refractivity contribution in [1.29, 1.82) is 0 Å². The summed E-state index contributed by atoms with van der Waals surface area (Å²) in [7, 11) is 3.16. The van der Waals surface area contributed by atoms with Gasteiger partial charge in [-0.05, 0) is 24.6 Å². The van der Waals surface area contributed by atoms with Crippen LogP contribution >= 0.6 is 0 Å². The molecule has 0 aromatic heterocycles. The van der Waals surface area contributed by atoms with Gasteiger partial charge in [0, 0.05) is 26.2 Å². The van der Waals surface area contributed by atoms with Gasteiger partial charge in [0.1, 0.15) is 5.54 Å². The molecule has 1 aliphatic rings. The Bertz CT molecular complexity index is 515. The van der Waals surface area contributed by atoms with E-state index < -0.39 is 5.54 Å². The largest absolute Gasteiger partial charge is 0.493 e. The molecular formula is C15H23N3O3. The smallest absolute Gasteiger partial charge is 0.242 e. The van der Waals surface area contributed by atoms with Crippen molar-refractivity contribution in [2.45, 2.75) is 12.5 Å². The fourth-order valence-electron chi connectivity index (χ4n) is 2.73. The minimum absolute atomic E-state index is 0.364. The molecule has 1 fully saturated rings. The zero-order chi connectivity index (χ0) is 15.5. The predicted octanol–water partition coefficient (Wildman–Crippen LogP) is 0.310. The molecule has 1 aliphatic heterocycles. The van der Waals surface area contributed by atoms with Crippen molar-refractivity contribution in [1.82, 2.24) is 10.2 Å². The number of hydrogen-bond acceptors (Lipinski definition) is 5. The number of piperazine rings is 1. The topological polar surface area (TPSA) is 76.8 Å². The third-order valence-corrected chi connectivity index (χ3v) is 4.17. The Kier molecular flexibility index (Phi) is 4.69. The standard InChI is InChI=1S/C15H23N3O3/c1-15(14(16)19,18-8-6-17-7-9-18)11-4-5-12(20-2)13(10-11)21-3/h4-5,10,17H,6-9H2,1-3H3,(H2,16,19). The Balaban J connectivity index is 2.44. The third kappa shape index (κ3) is 2.82. The van der Waals surface area contributed by atoms with Gasteiger partial charge >= 0.3 is 0 Å². The Morgan fingerprint density at radius 1 is 1.24 bits per heavy atom. The molecule has 1 aromatic rings. The van der Waals surface area contributed by atoms with Gasteiger partial charge in [-0.15, -0.1) is 0 Å². The molecule has 1 atom stereocenters. The van der Waals surface area contributed by atoms with Crippen molar-refractivity contribution in [2.24, 2.45) is 5.73 Å². The Morgan fingerprint density at radius 3 is 2.38 bits per heavy atom. The van der Waals surface area contributed by atoms with E-state index in [2.05, 4.69) is 10.2 Å². The molecule has 21 heavy (non-hydrogen) atoms. The van der Waals surface area contributed by atoms with Crippen molar-refractivity contribution >= 4 is 5.91 Å². The first kappa shape index (κ1) is 15.6. The fraction of sp³-hybridized carbons (Fsp3) is 0.533. The molecule has 1 heterocycles. The second-order valence-electron chi connectivity index (χ2n) is 5.24. The second-order valence-corrected chi connectivity index (χ2v) is 5.24. The predicted molar refractivity (Wildman–Crippen MR) is 80.5 cm³/mol. The lowest BCUT2D eigenvalue weighted by atomic mass is 9.88. The van der Waals surface area contributed by atoms with Crippen molar-refractivity contribution in [3.05, 3.63) is 23.8 Å². The molecule has 2 rings (SSSR count). The molecule has 0 bridgehead atoms. The van der Waals surface area contributed by atoms with Crippen LogP contribution in [0.4, 0.5) is 0 Å². The van der Waals surface area contributed by atoms with Gasteiger partial charge in [0.25, 0.3) is 0 Å². The van der Waals surface area contributed by atoms with Crippen LogP contribution in [0.3, 0.4) is 0 Å². The number of methoxy groups -OCH3 is 2. The van der Waals surface area contributed by atoms with E-state index in [0.29, 0.717) is 11.5 Å². The zero-order valence-electron chi connectivity index (χ0n) is 12.8. The van der Waals surface area contributed by atoms with Crippen LogP contribution in [0.15, 0.2) is 18.2 Å². The summed E-state index contributed by atoms with van der Waals surface area (Å²) in [5, 5.41) is 3.28. The van der Waals surface area contributed by atoms with Gasteiger partial charge < -0.3 is 20.5 Å². The van der Waals surface area contributed by atoms with E-state index in [4.69, 9.17) is 15.2 Å². The molecule has 1 aromatic carbocycles. The summed E-state index contributed by atoms with van der Waals surface area (Å²) in [4.78, 5) is 14.3. The first-order chi connectivity index (χ1) is 10.0. The van der Waals surface area contributed by atoms with Gasteiger partial charge in [0.05, 0.1) is 14.2 Å². The molecule has 0 spiro atoms. The Morgan fingerprint density at radius 2 is 1.86 bits per heavy atom. The molecule has 6 nitrogen and oxygen atoms in total. The Labute approximate surface area is 125 Å². The van der Waals surface area contributed by atoms with E-state index in [9.17, 15) is 4.79 Å². The number of carbonyl (C=O) groups excluding carboxylic acids is 1. The van der Waals surface area contributed by atoms with Crippen molar-refractivity contribution in [3.8, 4) is 11.5 Å². The molecule has 3 N–H and O–H groups in total. The first-order valence-electron chi connectivity index (χ1n) is 7.02. The van der Waals surface area contributed by atoms with Crippen LogP contribution in [-0.4, -0.2) is 51.2 Å². The van der Waals surface area contributed by atoms with E-state index >= 15 is 0 Å². The number of carbonyl (C=O) groups is 1. The van der Waals surface area contributed by atoms with Crippen LogP contribution in [0, 0.1) is 0 Å². The number of amides is 1. The van der Waals surface area contributed by atoms with E-state index in [1.54, 1.807) is 20.3 Å². The van der Waals surface area contributed by atoms with Crippen LogP contribution in [0.25, 0.3) is 0 Å². The summed E-state index contributed by atoms with van der Waals surface area (Å²) in [6.45, 7) is 5.09. The molecule has 1 saturated heterocycles. The van der Waals surface area contributed by atoms with Crippen molar-refractivity contribution in [3.63, 3.8) is 0 Å². The average molecular weight is 293 g/mol. The van der Waals surface area contributed by atoms with Crippen LogP contribution in [0.5, 0.6) is 11.5 Å². The summed E-state index contributed by atoms with van der Waals surface area (Å²) in [5.74, 6) is 0.864. The highest BCUT2D eigenvalue weighted by atomic mass is 16.5. The lowest BCUT2D eigenvalue weighted by Gasteiger charge is -2.41. The molecule has 1 amide bonds. The average Bonchev–Trinajstić information content (AvgIpc) is 2.53. The van der Waals surface area contributed by atoms with Crippen LogP contribution < -0.4 is 20.5 Å². The third-order valence-electron chi connectivity index (χ3n) is 4.17. The molecule has 6 heteroatoms. The van der Waals surface area contributed by atoms with Gasteiger partial charge in [-0.1, -0.05) is 6.07 Å². The number of hydrogen-bond donors (Lipinski definition) is 2. The SMILES string of the molecule is COc1ccc(C(C)(C(N)=O)N2CCNCC2)cc1OC. The number of benzene rings is 1. The molecule has 0 saturated carbocycles. The van der Waals surface area contributed by atoms with Gasteiger partial charge in [-0.3, -0.25) is 9.69 Å². The zero-order valence-corrected chi connectivity index (χ0v) is 12.8. The van der Waals surface area contributed by atoms with Gasteiger partial charge in [0.15, 0.2) is 11.5 Å². The number of rotatable bonds is 5. The minimum Gasteiger partial charge on any atom is -0.493 e. The maximum absolute atomic E-state index is 12.2. The summed E-state index contributed by atoms with van der Waals surface area (Å²) in [6, 6.07) is 5.50. The van der Waals surface area contributed by atoms with E-state index in [-0.39, 0.29) is 5.91 Å². The minimum atomic E-state index is -0.859.